The minimum absolute atomic E-state index is 0. The van der Waals surface area contributed by atoms with E-state index in [1.807, 2.05) is 0 Å². The van der Waals surface area contributed by atoms with Crippen LogP contribution < -0.4 is 56.5 Å². The van der Waals surface area contributed by atoms with Gasteiger partial charge in [0.15, 0.2) is 0 Å². The van der Waals surface area contributed by atoms with Crippen LogP contribution in [0.1, 0.15) is 26.3 Å². The zero-order valence-electron chi connectivity index (χ0n) is 8.56. The molecule has 0 heterocycles. The normalized spacial score (nSPS) is 8.69. The fourth-order valence-corrected chi connectivity index (χ4v) is 1.25. The molecule has 6 heteroatoms. The quantitative estimate of drug-likeness (QED) is 0.564. The standard InChI is InChI=1S/C10H7NO4.K/c11-5-4-6-2-1-3-7(9(12)13)8(6)10(14)15;/h1-3H,4H2,(H,12,13)(H,14,15);/q;+1/p-1. The second-order valence-corrected chi connectivity index (χ2v) is 2.77. The molecule has 0 aliphatic carbocycles. The van der Waals surface area contributed by atoms with E-state index in [0.717, 1.165) is 6.07 Å². The minimum atomic E-state index is -1.58. The molecule has 0 aliphatic heterocycles. The van der Waals surface area contributed by atoms with Gasteiger partial charge in [0, 0.05) is 5.56 Å². The van der Waals surface area contributed by atoms with Crippen molar-refractivity contribution in [3.63, 3.8) is 0 Å². The van der Waals surface area contributed by atoms with Crippen LogP contribution in [0.25, 0.3) is 0 Å². The maximum atomic E-state index is 10.7. The Morgan fingerprint density at radius 1 is 1.44 bits per heavy atom. The zero-order chi connectivity index (χ0) is 11.4. The molecule has 0 spiro atoms. The van der Waals surface area contributed by atoms with Crippen molar-refractivity contribution < 1.29 is 71.2 Å². The van der Waals surface area contributed by atoms with Crippen LogP contribution in [0.5, 0.6) is 0 Å². The van der Waals surface area contributed by atoms with Gasteiger partial charge in [-0.1, -0.05) is 12.1 Å². The largest absolute Gasteiger partial charge is 1.00 e. The van der Waals surface area contributed by atoms with Gasteiger partial charge in [-0.25, -0.2) is 4.79 Å². The van der Waals surface area contributed by atoms with Crippen LogP contribution in [0, 0.1) is 11.3 Å². The number of hydrogen-bond donors (Lipinski definition) is 1. The van der Waals surface area contributed by atoms with Gasteiger partial charge in [-0.3, -0.25) is 0 Å². The number of carbonyl (C=O) groups excluding carboxylic acids is 1. The van der Waals surface area contributed by atoms with Crippen molar-refractivity contribution in [2.75, 3.05) is 0 Å². The number of rotatable bonds is 3. The second-order valence-electron chi connectivity index (χ2n) is 2.77. The van der Waals surface area contributed by atoms with Gasteiger partial charge >= 0.3 is 57.4 Å². The third-order valence-corrected chi connectivity index (χ3v) is 1.85. The number of carboxylic acids is 2. The fraction of sp³-hybridized carbons (Fsp3) is 0.100. The smallest absolute Gasteiger partial charge is 0.545 e. The molecule has 0 bridgehead atoms. The summed E-state index contributed by atoms with van der Waals surface area (Å²) in [7, 11) is 0. The Morgan fingerprint density at radius 2 is 2.06 bits per heavy atom. The molecule has 0 aromatic heterocycles. The summed E-state index contributed by atoms with van der Waals surface area (Å²) >= 11 is 0. The fourth-order valence-electron chi connectivity index (χ4n) is 1.25. The third kappa shape index (κ3) is 3.40. The number of carboxylic acid groups (broad SMARTS) is 2. The second kappa shape index (κ2) is 6.78. The summed E-state index contributed by atoms with van der Waals surface area (Å²) in [5.41, 5.74) is -0.633. The molecular formula is C10H6KNO4. The van der Waals surface area contributed by atoms with Crippen LogP contribution in [0.2, 0.25) is 0 Å². The SMILES string of the molecule is N#CCc1cccc(C(=O)O)c1C(=O)[O-].[K+]. The monoisotopic (exact) mass is 243 g/mol. The summed E-state index contributed by atoms with van der Waals surface area (Å²) in [6, 6.07) is 5.70. The van der Waals surface area contributed by atoms with Crippen molar-refractivity contribution in [1.82, 2.24) is 0 Å². The molecule has 1 aromatic carbocycles. The van der Waals surface area contributed by atoms with Gasteiger partial charge in [0.05, 0.1) is 24.0 Å². The number of carbonyl (C=O) groups is 2. The van der Waals surface area contributed by atoms with Crippen molar-refractivity contribution in [3.05, 3.63) is 34.9 Å². The van der Waals surface area contributed by atoms with Crippen LogP contribution in [-0.4, -0.2) is 17.0 Å². The molecule has 1 aromatic rings. The van der Waals surface area contributed by atoms with Gasteiger partial charge in [-0.15, -0.1) is 0 Å². The molecule has 0 unspecified atom stereocenters. The summed E-state index contributed by atoms with van der Waals surface area (Å²) in [5, 5.41) is 27.9. The number of benzene rings is 1. The molecule has 1 rings (SSSR count). The van der Waals surface area contributed by atoms with Crippen molar-refractivity contribution in [2.24, 2.45) is 0 Å². The number of nitriles is 1. The Kier molecular flexibility index (Phi) is 6.48. The van der Waals surface area contributed by atoms with E-state index in [9.17, 15) is 14.7 Å². The molecule has 0 radical (unpaired) electrons. The first kappa shape index (κ1) is 15.3. The van der Waals surface area contributed by atoms with Crippen LogP contribution in [-0.2, 0) is 6.42 Å². The van der Waals surface area contributed by atoms with Crippen molar-refractivity contribution in [2.45, 2.75) is 6.42 Å². The minimum Gasteiger partial charge on any atom is -0.545 e. The molecule has 5 nitrogen and oxygen atoms in total. The Hall–Kier alpha value is -0.714. The first-order valence-electron chi connectivity index (χ1n) is 4.01. The molecule has 0 aliphatic rings. The van der Waals surface area contributed by atoms with Gasteiger partial charge in [-0.05, 0) is 11.6 Å². The van der Waals surface area contributed by atoms with Crippen LogP contribution in [0.15, 0.2) is 18.2 Å². The molecule has 76 valence electrons. The number of aromatic carboxylic acids is 2. The summed E-state index contributed by atoms with van der Waals surface area (Å²) in [4.78, 5) is 21.4. The molecule has 16 heavy (non-hydrogen) atoms. The van der Waals surface area contributed by atoms with E-state index in [0.29, 0.717) is 0 Å². The van der Waals surface area contributed by atoms with Crippen molar-refractivity contribution in [3.8, 4) is 6.07 Å². The molecule has 0 fully saturated rings. The molecule has 0 saturated heterocycles. The van der Waals surface area contributed by atoms with Crippen molar-refractivity contribution in [1.29, 1.82) is 5.26 Å². The third-order valence-electron chi connectivity index (χ3n) is 1.85. The van der Waals surface area contributed by atoms with Gasteiger partial charge in [0.1, 0.15) is 0 Å². The zero-order valence-corrected chi connectivity index (χ0v) is 11.7. The Balaban J connectivity index is 0.00000225. The summed E-state index contributed by atoms with van der Waals surface area (Å²) in [6.07, 6.45) is -0.162. The maximum Gasteiger partial charge on any atom is 1.00 e. The van der Waals surface area contributed by atoms with E-state index in [1.54, 1.807) is 6.07 Å². The summed E-state index contributed by atoms with van der Waals surface area (Å²) < 4.78 is 0. The van der Waals surface area contributed by atoms with Gasteiger partial charge in [-0.2, -0.15) is 5.26 Å². The van der Waals surface area contributed by atoms with Gasteiger partial charge in [0.2, 0.25) is 0 Å². The van der Waals surface area contributed by atoms with Crippen molar-refractivity contribution >= 4 is 11.9 Å². The molecule has 1 N–H and O–H groups in total. The summed E-state index contributed by atoms with van der Waals surface area (Å²) in [5.74, 6) is -2.94. The van der Waals surface area contributed by atoms with E-state index in [1.165, 1.54) is 12.1 Å². The van der Waals surface area contributed by atoms with Crippen LogP contribution in [0.4, 0.5) is 0 Å². The Bertz CT molecular complexity index is 464. The van der Waals surface area contributed by atoms with E-state index in [2.05, 4.69) is 0 Å². The predicted octanol–water partition coefficient (Wildman–Crippen LogP) is -3.18. The summed E-state index contributed by atoms with van der Waals surface area (Å²) in [6.45, 7) is 0. The number of hydrogen-bond acceptors (Lipinski definition) is 4. The van der Waals surface area contributed by atoms with E-state index >= 15 is 0 Å². The van der Waals surface area contributed by atoms with E-state index in [-0.39, 0.29) is 68.9 Å². The van der Waals surface area contributed by atoms with E-state index in [4.69, 9.17) is 10.4 Å². The predicted molar refractivity (Wildman–Crippen MR) is 47.0 cm³/mol. The maximum absolute atomic E-state index is 10.7. The molecule has 0 atom stereocenters. The Morgan fingerprint density at radius 3 is 2.50 bits per heavy atom. The molecule has 0 amide bonds. The van der Waals surface area contributed by atoms with Gasteiger partial charge in [0.25, 0.3) is 0 Å². The topological polar surface area (TPSA) is 101 Å². The Labute approximate surface area is 134 Å². The number of nitrogens with zero attached hydrogens (tertiary/aromatic N) is 1. The molecule has 0 saturated carbocycles. The first-order chi connectivity index (χ1) is 7.07. The average molecular weight is 243 g/mol. The van der Waals surface area contributed by atoms with Crippen LogP contribution >= 0.6 is 0 Å². The average Bonchev–Trinajstić information content (AvgIpc) is 2.17. The molecular weight excluding hydrogens is 237 g/mol. The van der Waals surface area contributed by atoms with Crippen LogP contribution in [0.3, 0.4) is 0 Å². The first-order valence-corrected chi connectivity index (χ1v) is 4.01. The van der Waals surface area contributed by atoms with E-state index < -0.39 is 17.5 Å². The van der Waals surface area contributed by atoms with Gasteiger partial charge < -0.3 is 15.0 Å².